The molecule has 0 radical (unpaired) electrons. The first kappa shape index (κ1) is 17.7. The van der Waals surface area contributed by atoms with Gasteiger partial charge in [-0.15, -0.1) is 0 Å². The van der Waals surface area contributed by atoms with Gasteiger partial charge in [0.05, 0.1) is 11.1 Å². The number of carbonyl (C=O) groups is 2. The highest BCUT2D eigenvalue weighted by molar-refractivity contribution is 6.06. The molecular weight excluding hydrogens is 302 g/mol. The summed E-state index contributed by atoms with van der Waals surface area (Å²) in [5.74, 6) is -0.507. The van der Waals surface area contributed by atoms with Gasteiger partial charge in [0.15, 0.2) is 0 Å². The number of hydrogen-bond donors (Lipinski definition) is 2. The second-order valence-electron chi connectivity index (χ2n) is 5.95. The van der Waals surface area contributed by atoms with E-state index in [0.717, 1.165) is 23.2 Å². The van der Waals surface area contributed by atoms with Crippen molar-refractivity contribution in [1.82, 2.24) is 10.3 Å². The Labute approximate surface area is 142 Å². The summed E-state index contributed by atoms with van der Waals surface area (Å²) in [7, 11) is 0. The van der Waals surface area contributed by atoms with Crippen LogP contribution in [0, 0.1) is 13.8 Å². The maximum Gasteiger partial charge on any atom is 0.257 e. The lowest BCUT2D eigenvalue weighted by Crippen LogP contribution is -2.32. The fourth-order valence-corrected chi connectivity index (χ4v) is 2.18. The zero-order valence-electron chi connectivity index (χ0n) is 14.5. The van der Waals surface area contributed by atoms with Crippen LogP contribution < -0.4 is 10.6 Å². The molecule has 5 heteroatoms. The van der Waals surface area contributed by atoms with Crippen LogP contribution in [0.2, 0.25) is 0 Å². The van der Waals surface area contributed by atoms with Crippen LogP contribution in [-0.4, -0.2) is 22.8 Å². The van der Waals surface area contributed by atoms with Gasteiger partial charge in [0.1, 0.15) is 0 Å². The highest BCUT2D eigenvalue weighted by Crippen LogP contribution is 2.19. The lowest BCUT2D eigenvalue weighted by molar-refractivity contribution is 0.0939. The SMILES string of the molecule is CCC(C)NC(=O)c1cncc(C(=O)Nc2cccc(C)c2C)c1. The van der Waals surface area contributed by atoms with Gasteiger partial charge in [-0.25, -0.2) is 0 Å². The van der Waals surface area contributed by atoms with Crippen molar-refractivity contribution in [3.63, 3.8) is 0 Å². The van der Waals surface area contributed by atoms with E-state index in [2.05, 4.69) is 15.6 Å². The summed E-state index contributed by atoms with van der Waals surface area (Å²) in [4.78, 5) is 28.6. The van der Waals surface area contributed by atoms with Gasteiger partial charge in [0.2, 0.25) is 0 Å². The van der Waals surface area contributed by atoms with E-state index >= 15 is 0 Å². The topological polar surface area (TPSA) is 71.1 Å². The van der Waals surface area contributed by atoms with Gasteiger partial charge in [-0.2, -0.15) is 0 Å². The van der Waals surface area contributed by atoms with E-state index in [1.165, 1.54) is 12.4 Å². The van der Waals surface area contributed by atoms with Crippen molar-refractivity contribution in [2.24, 2.45) is 0 Å². The third-order valence-electron chi connectivity index (χ3n) is 4.11. The normalized spacial score (nSPS) is 11.7. The molecule has 0 fully saturated rings. The van der Waals surface area contributed by atoms with Crippen LogP contribution in [0.1, 0.15) is 52.1 Å². The number of aromatic nitrogens is 1. The molecule has 2 rings (SSSR count). The van der Waals surface area contributed by atoms with Crippen molar-refractivity contribution in [3.8, 4) is 0 Å². The molecule has 0 aliphatic carbocycles. The van der Waals surface area contributed by atoms with Crippen LogP contribution in [0.15, 0.2) is 36.7 Å². The number of benzene rings is 1. The van der Waals surface area contributed by atoms with E-state index in [0.29, 0.717) is 11.1 Å². The molecule has 5 nitrogen and oxygen atoms in total. The summed E-state index contributed by atoms with van der Waals surface area (Å²) < 4.78 is 0. The summed E-state index contributed by atoms with van der Waals surface area (Å²) in [6.45, 7) is 7.88. The Balaban J connectivity index is 2.17. The molecule has 1 aromatic heterocycles. The number of pyridine rings is 1. The summed E-state index contributed by atoms with van der Waals surface area (Å²) in [6, 6.07) is 7.38. The molecule has 1 heterocycles. The lowest BCUT2D eigenvalue weighted by Gasteiger charge is -2.12. The Hall–Kier alpha value is -2.69. The van der Waals surface area contributed by atoms with E-state index in [1.54, 1.807) is 6.07 Å². The fourth-order valence-electron chi connectivity index (χ4n) is 2.18. The third kappa shape index (κ3) is 4.19. The minimum absolute atomic E-state index is 0.0740. The number of aryl methyl sites for hydroxylation is 1. The molecule has 1 unspecified atom stereocenters. The first-order valence-electron chi connectivity index (χ1n) is 8.05. The van der Waals surface area contributed by atoms with Crippen molar-refractivity contribution in [1.29, 1.82) is 0 Å². The molecule has 0 saturated heterocycles. The average molecular weight is 325 g/mol. The van der Waals surface area contributed by atoms with Crippen molar-refractivity contribution in [2.75, 3.05) is 5.32 Å². The first-order chi connectivity index (χ1) is 11.4. The quantitative estimate of drug-likeness (QED) is 0.884. The van der Waals surface area contributed by atoms with Crippen molar-refractivity contribution in [3.05, 3.63) is 58.9 Å². The third-order valence-corrected chi connectivity index (χ3v) is 4.11. The highest BCUT2D eigenvalue weighted by atomic mass is 16.2. The maximum absolute atomic E-state index is 12.4. The Morgan fingerprint density at radius 1 is 1.12 bits per heavy atom. The molecule has 0 aliphatic rings. The van der Waals surface area contributed by atoms with Gasteiger partial charge in [0, 0.05) is 24.1 Å². The van der Waals surface area contributed by atoms with Crippen molar-refractivity contribution in [2.45, 2.75) is 40.2 Å². The van der Waals surface area contributed by atoms with Crippen LogP contribution in [0.25, 0.3) is 0 Å². The van der Waals surface area contributed by atoms with Crippen LogP contribution in [0.5, 0.6) is 0 Å². The molecule has 0 aliphatic heterocycles. The summed E-state index contributed by atoms with van der Waals surface area (Å²) in [5.41, 5.74) is 3.61. The molecule has 1 atom stereocenters. The standard InChI is InChI=1S/C19H23N3O2/c1-5-13(3)21-18(23)15-9-16(11-20-10-15)19(24)22-17-8-6-7-12(2)14(17)4/h6-11,13H,5H2,1-4H3,(H,21,23)(H,22,24). The van der Waals surface area contributed by atoms with Crippen molar-refractivity contribution < 1.29 is 9.59 Å². The van der Waals surface area contributed by atoms with Crippen LogP contribution >= 0.6 is 0 Å². The number of hydrogen-bond acceptors (Lipinski definition) is 3. The predicted molar refractivity (Wildman–Crippen MR) is 95.3 cm³/mol. The molecule has 0 bridgehead atoms. The van der Waals surface area contributed by atoms with E-state index in [4.69, 9.17) is 0 Å². The van der Waals surface area contributed by atoms with Gasteiger partial charge in [-0.1, -0.05) is 19.1 Å². The number of amides is 2. The number of anilines is 1. The number of nitrogens with one attached hydrogen (secondary N) is 2. The Morgan fingerprint density at radius 2 is 1.79 bits per heavy atom. The first-order valence-corrected chi connectivity index (χ1v) is 8.05. The molecule has 24 heavy (non-hydrogen) atoms. The zero-order chi connectivity index (χ0) is 17.7. The van der Waals surface area contributed by atoms with E-state index < -0.39 is 0 Å². The van der Waals surface area contributed by atoms with E-state index in [1.807, 2.05) is 45.9 Å². The monoisotopic (exact) mass is 325 g/mol. The van der Waals surface area contributed by atoms with E-state index in [9.17, 15) is 9.59 Å². The molecule has 126 valence electrons. The number of nitrogens with zero attached hydrogens (tertiary/aromatic N) is 1. The van der Waals surface area contributed by atoms with Gasteiger partial charge in [-0.05, 0) is 50.5 Å². The Kier molecular flexibility index (Phi) is 5.68. The van der Waals surface area contributed by atoms with Gasteiger partial charge >= 0.3 is 0 Å². The van der Waals surface area contributed by atoms with Crippen LogP contribution in [-0.2, 0) is 0 Å². The molecule has 0 spiro atoms. The molecule has 0 saturated carbocycles. The van der Waals surface area contributed by atoms with Gasteiger partial charge in [-0.3, -0.25) is 14.6 Å². The Bertz CT molecular complexity index is 756. The van der Waals surface area contributed by atoms with E-state index in [-0.39, 0.29) is 17.9 Å². The minimum Gasteiger partial charge on any atom is -0.350 e. The summed E-state index contributed by atoms with van der Waals surface area (Å²) in [5, 5.41) is 5.74. The summed E-state index contributed by atoms with van der Waals surface area (Å²) >= 11 is 0. The average Bonchev–Trinajstić information content (AvgIpc) is 2.58. The predicted octanol–water partition coefficient (Wildman–Crippen LogP) is 3.48. The minimum atomic E-state index is -0.283. The van der Waals surface area contributed by atoms with Crippen LogP contribution in [0.3, 0.4) is 0 Å². The second-order valence-corrected chi connectivity index (χ2v) is 5.95. The van der Waals surface area contributed by atoms with Crippen molar-refractivity contribution >= 4 is 17.5 Å². The van der Waals surface area contributed by atoms with Crippen LogP contribution in [0.4, 0.5) is 5.69 Å². The largest absolute Gasteiger partial charge is 0.350 e. The lowest BCUT2D eigenvalue weighted by atomic mass is 10.1. The molecule has 2 N–H and O–H groups in total. The molecule has 2 amide bonds. The maximum atomic E-state index is 12.4. The number of rotatable bonds is 5. The second kappa shape index (κ2) is 7.73. The van der Waals surface area contributed by atoms with Gasteiger partial charge < -0.3 is 10.6 Å². The molecular formula is C19H23N3O2. The van der Waals surface area contributed by atoms with Gasteiger partial charge in [0.25, 0.3) is 11.8 Å². The Morgan fingerprint density at radius 3 is 2.46 bits per heavy atom. The highest BCUT2D eigenvalue weighted by Gasteiger charge is 2.13. The molecule has 1 aromatic carbocycles. The number of carbonyl (C=O) groups excluding carboxylic acids is 2. The fraction of sp³-hybridized carbons (Fsp3) is 0.316. The zero-order valence-corrected chi connectivity index (χ0v) is 14.5. The summed E-state index contributed by atoms with van der Waals surface area (Å²) in [6.07, 6.45) is 3.76. The smallest absolute Gasteiger partial charge is 0.257 e. The molecule has 2 aromatic rings.